The third-order valence-electron chi connectivity index (χ3n) is 5.40. The fraction of sp³-hybridized carbons (Fsp3) is 0.591. The summed E-state index contributed by atoms with van der Waals surface area (Å²) in [6.45, 7) is 3.27. The molecule has 0 spiro atoms. The smallest absolute Gasteiger partial charge is 0.343 e. The normalized spacial score (nSPS) is 26.1. The lowest BCUT2D eigenvalue weighted by Gasteiger charge is -2.23. The van der Waals surface area contributed by atoms with Crippen molar-refractivity contribution in [2.45, 2.75) is 57.2 Å². The molecular weight excluding hydrogens is 406 g/mol. The van der Waals surface area contributed by atoms with Gasteiger partial charge in [-0.15, -0.1) is 0 Å². The van der Waals surface area contributed by atoms with E-state index in [1.807, 2.05) is 18.2 Å². The highest BCUT2D eigenvalue weighted by atomic mass is 16.7. The summed E-state index contributed by atoms with van der Waals surface area (Å²) in [5.74, 6) is -2.36. The Labute approximate surface area is 180 Å². The molecule has 1 aromatic heterocycles. The zero-order chi connectivity index (χ0) is 22.6. The fourth-order valence-electron chi connectivity index (χ4n) is 3.56. The number of carbonyl (C=O) groups is 1. The van der Waals surface area contributed by atoms with Gasteiger partial charge in [-0.25, -0.2) is 4.79 Å². The second kappa shape index (κ2) is 10.1. The number of hydrogen-bond acceptors (Lipinski definition) is 8. The highest BCUT2D eigenvalue weighted by Crippen LogP contribution is 2.33. The van der Waals surface area contributed by atoms with Crippen molar-refractivity contribution in [3.05, 3.63) is 30.0 Å². The molecule has 0 saturated carbocycles. The minimum absolute atomic E-state index is 0.0270. The van der Waals surface area contributed by atoms with Gasteiger partial charge in [-0.3, -0.25) is 0 Å². The largest absolute Gasteiger partial charge is 0.422 e. The average Bonchev–Trinajstić information content (AvgIpc) is 3.26. The standard InChI is InChI=1S/C22H31NO8/c1-13(2)4-5-14-6-7-16-15(10-14)17(11-23-16)30-21(27)19-18(29-9-3-8-24)20(26)22(28,12-25)31-19/h6-7,10-11,13,18-20,23-26,28H,3-5,8-9,12H2,1-2H3. The number of esters is 1. The van der Waals surface area contributed by atoms with Crippen molar-refractivity contribution in [3.8, 4) is 5.75 Å². The number of carbonyl (C=O) groups excluding carboxylic acids is 1. The fourth-order valence-corrected chi connectivity index (χ4v) is 3.56. The van der Waals surface area contributed by atoms with E-state index < -0.39 is 36.7 Å². The highest BCUT2D eigenvalue weighted by molar-refractivity contribution is 5.90. The maximum Gasteiger partial charge on any atom is 0.343 e. The van der Waals surface area contributed by atoms with Crippen molar-refractivity contribution >= 4 is 16.9 Å². The molecule has 172 valence electrons. The van der Waals surface area contributed by atoms with E-state index in [2.05, 4.69) is 18.8 Å². The molecule has 3 rings (SSSR count). The number of aliphatic hydroxyl groups is 4. The van der Waals surface area contributed by atoms with Crippen LogP contribution >= 0.6 is 0 Å². The van der Waals surface area contributed by atoms with Crippen LogP contribution < -0.4 is 4.74 Å². The summed E-state index contributed by atoms with van der Waals surface area (Å²) in [6.07, 6.45) is -0.633. The molecule has 4 unspecified atom stereocenters. The Morgan fingerprint density at radius 3 is 2.77 bits per heavy atom. The van der Waals surface area contributed by atoms with Gasteiger partial charge in [0.2, 0.25) is 5.79 Å². The number of aromatic amines is 1. The summed E-state index contributed by atoms with van der Waals surface area (Å²) in [5.41, 5.74) is 1.91. The number of aromatic nitrogens is 1. The lowest BCUT2D eigenvalue weighted by atomic mass is 10.0. The van der Waals surface area contributed by atoms with Crippen molar-refractivity contribution < 1.29 is 39.4 Å². The van der Waals surface area contributed by atoms with Crippen molar-refractivity contribution in [2.75, 3.05) is 19.8 Å². The zero-order valence-electron chi connectivity index (χ0n) is 17.8. The summed E-state index contributed by atoms with van der Waals surface area (Å²) in [6, 6.07) is 5.90. The number of hydrogen-bond donors (Lipinski definition) is 5. The molecule has 1 aliphatic rings. The molecule has 2 heterocycles. The van der Waals surface area contributed by atoms with Gasteiger partial charge in [0.25, 0.3) is 0 Å². The van der Waals surface area contributed by atoms with Crippen LogP contribution in [0.3, 0.4) is 0 Å². The monoisotopic (exact) mass is 437 g/mol. The van der Waals surface area contributed by atoms with Crippen LogP contribution in [0.2, 0.25) is 0 Å². The van der Waals surface area contributed by atoms with Crippen molar-refractivity contribution in [2.24, 2.45) is 5.92 Å². The van der Waals surface area contributed by atoms with E-state index in [1.54, 1.807) is 6.20 Å². The number of nitrogens with one attached hydrogen (secondary N) is 1. The van der Waals surface area contributed by atoms with E-state index in [0.29, 0.717) is 5.92 Å². The minimum Gasteiger partial charge on any atom is -0.422 e. The zero-order valence-corrected chi connectivity index (χ0v) is 17.8. The predicted octanol–water partition coefficient (Wildman–Crippen LogP) is 0.870. The number of benzene rings is 1. The molecule has 2 aromatic rings. The number of rotatable bonds is 10. The van der Waals surface area contributed by atoms with Crippen molar-refractivity contribution in [1.29, 1.82) is 0 Å². The Kier molecular flexibility index (Phi) is 7.68. The van der Waals surface area contributed by atoms with E-state index >= 15 is 0 Å². The molecule has 9 heteroatoms. The Hall–Kier alpha value is -2.01. The van der Waals surface area contributed by atoms with Gasteiger partial charge in [0.05, 0.1) is 6.61 Å². The molecule has 1 aliphatic heterocycles. The van der Waals surface area contributed by atoms with E-state index in [9.17, 15) is 20.1 Å². The second-order valence-electron chi connectivity index (χ2n) is 8.29. The van der Waals surface area contributed by atoms with Gasteiger partial charge in [-0.05, 0) is 42.9 Å². The first-order valence-electron chi connectivity index (χ1n) is 10.5. The van der Waals surface area contributed by atoms with Crippen LogP contribution in [-0.4, -0.2) is 75.3 Å². The van der Waals surface area contributed by atoms with E-state index in [4.69, 9.17) is 19.3 Å². The SMILES string of the molecule is CC(C)CCc1ccc2[nH]cc(OC(=O)C3OC(O)(CO)C(O)C3OCCCO)c2c1. The number of aryl methyl sites for hydroxylation is 1. The maximum atomic E-state index is 12.9. The third-order valence-corrected chi connectivity index (χ3v) is 5.40. The molecule has 1 saturated heterocycles. The Morgan fingerprint density at radius 2 is 2.10 bits per heavy atom. The van der Waals surface area contributed by atoms with E-state index in [1.165, 1.54) is 0 Å². The molecule has 4 atom stereocenters. The van der Waals surface area contributed by atoms with Crippen LogP contribution in [0.5, 0.6) is 5.75 Å². The topological polar surface area (TPSA) is 141 Å². The van der Waals surface area contributed by atoms with Crippen LogP contribution in [0.4, 0.5) is 0 Å². The summed E-state index contributed by atoms with van der Waals surface area (Å²) >= 11 is 0. The lowest BCUT2D eigenvalue weighted by Crippen LogP contribution is -2.47. The summed E-state index contributed by atoms with van der Waals surface area (Å²) in [5, 5.41) is 39.7. The van der Waals surface area contributed by atoms with Gasteiger partial charge < -0.3 is 39.6 Å². The lowest BCUT2D eigenvalue weighted by molar-refractivity contribution is -0.246. The number of ether oxygens (including phenoxy) is 3. The van der Waals surface area contributed by atoms with Crippen LogP contribution in [0.15, 0.2) is 24.4 Å². The third kappa shape index (κ3) is 5.25. The van der Waals surface area contributed by atoms with Crippen LogP contribution in [0.25, 0.3) is 10.9 Å². The molecule has 0 aliphatic carbocycles. The maximum absolute atomic E-state index is 12.9. The van der Waals surface area contributed by atoms with Crippen LogP contribution in [0, 0.1) is 5.92 Å². The molecule has 1 fully saturated rings. The Morgan fingerprint density at radius 1 is 1.32 bits per heavy atom. The van der Waals surface area contributed by atoms with Crippen LogP contribution in [-0.2, 0) is 20.7 Å². The van der Waals surface area contributed by atoms with Gasteiger partial charge in [0, 0.05) is 30.3 Å². The van der Waals surface area contributed by atoms with Crippen LogP contribution in [0.1, 0.15) is 32.3 Å². The molecular formula is C22H31NO8. The number of H-pyrrole nitrogens is 1. The minimum atomic E-state index is -2.35. The van der Waals surface area contributed by atoms with Gasteiger partial charge >= 0.3 is 5.97 Å². The van der Waals surface area contributed by atoms with Gasteiger partial charge in [0.1, 0.15) is 12.2 Å². The Bertz CT molecular complexity index is 882. The van der Waals surface area contributed by atoms with E-state index in [-0.39, 0.29) is 25.4 Å². The predicted molar refractivity (Wildman–Crippen MR) is 111 cm³/mol. The summed E-state index contributed by atoms with van der Waals surface area (Å²) in [4.78, 5) is 15.9. The highest BCUT2D eigenvalue weighted by Gasteiger charge is 2.57. The molecule has 0 radical (unpaired) electrons. The molecule has 9 nitrogen and oxygen atoms in total. The average molecular weight is 437 g/mol. The summed E-state index contributed by atoms with van der Waals surface area (Å²) < 4.78 is 16.2. The molecule has 0 bridgehead atoms. The molecule has 5 N–H and O–H groups in total. The quantitative estimate of drug-likeness (QED) is 0.272. The van der Waals surface area contributed by atoms with Crippen molar-refractivity contribution in [3.63, 3.8) is 0 Å². The van der Waals surface area contributed by atoms with Gasteiger partial charge in [-0.2, -0.15) is 0 Å². The summed E-state index contributed by atoms with van der Waals surface area (Å²) in [7, 11) is 0. The van der Waals surface area contributed by atoms with Crippen molar-refractivity contribution in [1.82, 2.24) is 4.98 Å². The molecule has 0 amide bonds. The molecule has 31 heavy (non-hydrogen) atoms. The first-order valence-corrected chi connectivity index (χ1v) is 10.5. The Balaban J connectivity index is 1.78. The first-order chi connectivity index (χ1) is 14.8. The van der Waals surface area contributed by atoms with E-state index in [0.717, 1.165) is 29.3 Å². The second-order valence-corrected chi connectivity index (χ2v) is 8.29. The number of fused-ring (bicyclic) bond motifs is 1. The van der Waals surface area contributed by atoms with Gasteiger partial charge in [-0.1, -0.05) is 19.9 Å². The number of aliphatic hydroxyl groups excluding tert-OH is 3. The molecule has 1 aromatic carbocycles. The van der Waals surface area contributed by atoms with Gasteiger partial charge in [0.15, 0.2) is 11.9 Å². The first kappa shape index (κ1) is 23.6.